The van der Waals surface area contributed by atoms with Crippen LogP contribution in [0.4, 0.5) is 5.69 Å². The summed E-state index contributed by atoms with van der Waals surface area (Å²) >= 11 is 0. The fourth-order valence-electron chi connectivity index (χ4n) is 3.52. The Morgan fingerprint density at radius 2 is 1.80 bits per heavy atom. The number of hydrogen-bond donors (Lipinski definition) is 1. The minimum atomic E-state index is -3.56. The maximum atomic E-state index is 12.8. The van der Waals surface area contributed by atoms with E-state index in [9.17, 15) is 13.2 Å². The molecule has 1 fully saturated rings. The smallest absolute Gasteiger partial charge is 0.262 e. The molecule has 1 N–H and O–H groups in total. The van der Waals surface area contributed by atoms with Crippen molar-refractivity contribution in [2.24, 2.45) is 0 Å². The lowest BCUT2D eigenvalue weighted by Crippen LogP contribution is -2.35. The first-order chi connectivity index (χ1) is 14.5. The molecule has 8 heteroatoms. The van der Waals surface area contributed by atoms with Crippen molar-refractivity contribution in [1.29, 1.82) is 0 Å². The lowest BCUT2D eigenvalue weighted by atomic mass is 10.2. The largest absolute Gasteiger partial charge is 0.481 e. The molecule has 30 heavy (non-hydrogen) atoms. The van der Waals surface area contributed by atoms with Crippen molar-refractivity contribution in [3.63, 3.8) is 0 Å². The Morgan fingerprint density at radius 3 is 2.63 bits per heavy atom. The van der Waals surface area contributed by atoms with E-state index in [2.05, 4.69) is 10.3 Å². The van der Waals surface area contributed by atoms with Gasteiger partial charge in [0.2, 0.25) is 10.0 Å². The van der Waals surface area contributed by atoms with Gasteiger partial charge in [0, 0.05) is 30.4 Å². The molecule has 1 saturated heterocycles. The Bertz CT molecular complexity index is 1150. The maximum absolute atomic E-state index is 12.8. The topological polar surface area (TPSA) is 88.6 Å². The standard InChI is InChI=1S/C22H23N3O4S/c26-21(16-29-20-11-4-7-17-8-6-12-23-22(17)20)24-18-9-5-10-19(15-18)30(27,28)25-13-2-1-3-14-25/h4-12,15H,1-3,13-14,16H2,(H,24,26). The van der Waals surface area contributed by atoms with Crippen LogP contribution in [-0.4, -0.2) is 43.3 Å². The first-order valence-electron chi connectivity index (χ1n) is 9.91. The second-order valence-electron chi connectivity index (χ2n) is 7.16. The van der Waals surface area contributed by atoms with Crippen LogP contribution < -0.4 is 10.1 Å². The first kappa shape index (κ1) is 20.3. The normalized spacial score (nSPS) is 15.1. The zero-order chi connectivity index (χ0) is 21.0. The van der Waals surface area contributed by atoms with E-state index in [1.54, 1.807) is 30.5 Å². The highest BCUT2D eigenvalue weighted by Crippen LogP contribution is 2.24. The number of fused-ring (bicyclic) bond motifs is 1. The number of nitrogens with zero attached hydrogens (tertiary/aromatic N) is 2. The predicted octanol–water partition coefficient (Wildman–Crippen LogP) is 3.43. The van der Waals surface area contributed by atoms with Gasteiger partial charge in [-0.05, 0) is 43.2 Å². The summed E-state index contributed by atoms with van der Waals surface area (Å²) in [6.07, 6.45) is 4.46. The van der Waals surface area contributed by atoms with E-state index in [4.69, 9.17) is 4.74 Å². The molecule has 0 atom stereocenters. The van der Waals surface area contributed by atoms with Crippen LogP contribution in [0.2, 0.25) is 0 Å². The summed E-state index contributed by atoms with van der Waals surface area (Å²) in [5.41, 5.74) is 1.10. The van der Waals surface area contributed by atoms with Crippen molar-refractivity contribution < 1.29 is 17.9 Å². The van der Waals surface area contributed by atoms with Crippen molar-refractivity contribution >= 4 is 32.5 Å². The lowest BCUT2D eigenvalue weighted by Gasteiger charge is -2.26. The van der Waals surface area contributed by atoms with Crippen LogP contribution in [0.25, 0.3) is 10.9 Å². The van der Waals surface area contributed by atoms with Gasteiger partial charge < -0.3 is 10.1 Å². The molecule has 1 aromatic heterocycles. The Hall–Kier alpha value is -2.97. The number of para-hydroxylation sites is 1. The Kier molecular flexibility index (Phi) is 5.96. The molecule has 7 nitrogen and oxygen atoms in total. The second kappa shape index (κ2) is 8.81. The number of aromatic nitrogens is 1. The highest BCUT2D eigenvalue weighted by atomic mass is 32.2. The highest BCUT2D eigenvalue weighted by molar-refractivity contribution is 7.89. The molecule has 2 heterocycles. The first-order valence-corrected chi connectivity index (χ1v) is 11.3. The third-order valence-electron chi connectivity index (χ3n) is 5.03. The van der Waals surface area contributed by atoms with Gasteiger partial charge in [-0.25, -0.2) is 8.42 Å². The molecular formula is C22H23N3O4S. The van der Waals surface area contributed by atoms with Crippen LogP contribution in [0.3, 0.4) is 0 Å². The number of nitrogens with one attached hydrogen (secondary N) is 1. The number of pyridine rings is 1. The molecule has 1 aliphatic rings. The number of amides is 1. The quantitative estimate of drug-likeness (QED) is 0.654. The van der Waals surface area contributed by atoms with Crippen LogP contribution in [0.1, 0.15) is 19.3 Å². The van der Waals surface area contributed by atoms with Crippen molar-refractivity contribution in [2.45, 2.75) is 24.2 Å². The van der Waals surface area contributed by atoms with Gasteiger partial charge in [0.15, 0.2) is 6.61 Å². The minimum absolute atomic E-state index is 0.182. The molecule has 2 aromatic carbocycles. The van der Waals surface area contributed by atoms with Crippen molar-refractivity contribution in [2.75, 3.05) is 25.0 Å². The number of hydrogen-bond acceptors (Lipinski definition) is 5. The molecule has 0 radical (unpaired) electrons. The molecular weight excluding hydrogens is 402 g/mol. The monoisotopic (exact) mass is 425 g/mol. The van der Waals surface area contributed by atoms with Gasteiger partial charge in [0.25, 0.3) is 5.91 Å². The average molecular weight is 426 g/mol. The molecule has 1 aliphatic heterocycles. The van der Waals surface area contributed by atoms with Gasteiger partial charge >= 0.3 is 0 Å². The van der Waals surface area contributed by atoms with E-state index in [1.807, 2.05) is 24.3 Å². The molecule has 0 bridgehead atoms. The maximum Gasteiger partial charge on any atom is 0.262 e. The van der Waals surface area contributed by atoms with Gasteiger partial charge in [-0.3, -0.25) is 9.78 Å². The summed E-state index contributed by atoms with van der Waals surface area (Å²) in [5, 5.41) is 3.63. The third kappa shape index (κ3) is 4.44. The van der Waals surface area contributed by atoms with Crippen LogP contribution in [0, 0.1) is 0 Å². The minimum Gasteiger partial charge on any atom is -0.481 e. The van der Waals surface area contributed by atoms with Crippen molar-refractivity contribution in [1.82, 2.24) is 9.29 Å². The second-order valence-corrected chi connectivity index (χ2v) is 9.10. The third-order valence-corrected chi connectivity index (χ3v) is 6.92. The molecule has 0 unspecified atom stereocenters. The summed E-state index contributed by atoms with van der Waals surface area (Å²) < 4.78 is 32.8. The Balaban J connectivity index is 1.43. The average Bonchev–Trinajstić information content (AvgIpc) is 2.78. The number of carbonyl (C=O) groups is 1. The van der Waals surface area contributed by atoms with Gasteiger partial charge in [-0.1, -0.05) is 30.7 Å². The summed E-state index contributed by atoms with van der Waals surface area (Å²) in [4.78, 5) is 16.8. The number of rotatable bonds is 6. The summed E-state index contributed by atoms with van der Waals surface area (Å²) in [6.45, 7) is 0.858. The SMILES string of the molecule is O=C(COc1cccc2cccnc12)Nc1cccc(S(=O)(=O)N2CCCCC2)c1. The molecule has 156 valence electrons. The van der Waals surface area contributed by atoms with E-state index in [1.165, 1.54) is 10.4 Å². The van der Waals surface area contributed by atoms with Crippen molar-refractivity contribution in [3.8, 4) is 5.75 Å². The fraction of sp³-hybridized carbons (Fsp3) is 0.273. The molecule has 0 spiro atoms. The van der Waals surface area contributed by atoms with Crippen LogP contribution >= 0.6 is 0 Å². The van der Waals surface area contributed by atoms with Crippen LogP contribution in [0.5, 0.6) is 5.75 Å². The molecule has 3 aromatic rings. The zero-order valence-electron chi connectivity index (χ0n) is 16.5. The van der Waals surface area contributed by atoms with Crippen LogP contribution in [0.15, 0.2) is 65.7 Å². The number of benzene rings is 2. The van der Waals surface area contributed by atoms with E-state index < -0.39 is 10.0 Å². The molecule has 0 saturated carbocycles. The number of piperidine rings is 1. The van der Waals surface area contributed by atoms with Gasteiger partial charge in [0.05, 0.1) is 4.90 Å². The predicted molar refractivity (Wildman–Crippen MR) is 115 cm³/mol. The van der Waals surface area contributed by atoms with Gasteiger partial charge in [-0.2, -0.15) is 4.31 Å². The molecule has 4 rings (SSSR count). The number of anilines is 1. The molecule has 1 amide bonds. The fourth-order valence-corrected chi connectivity index (χ4v) is 5.09. The van der Waals surface area contributed by atoms with E-state index in [-0.39, 0.29) is 17.4 Å². The molecule has 0 aliphatic carbocycles. The zero-order valence-corrected chi connectivity index (χ0v) is 17.3. The Labute approximate surface area is 175 Å². The van der Waals surface area contributed by atoms with Crippen LogP contribution in [-0.2, 0) is 14.8 Å². The van der Waals surface area contributed by atoms with E-state index >= 15 is 0 Å². The summed E-state index contributed by atoms with van der Waals surface area (Å²) in [7, 11) is -3.56. The summed E-state index contributed by atoms with van der Waals surface area (Å²) in [6, 6.07) is 15.6. The van der Waals surface area contributed by atoms with Gasteiger partial charge in [-0.15, -0.1) is 0 Å². The summed E-state index contributed by atoms with van der Waals surface area (Å²) in [5.74, 6) is 0.139. The highest BCUT2D eigenvalue weighted by Gasteiger charge is 2.26. The van der Waals surface area contributed by atoms with Gasteiger partial charge in [0.1, 0.15) is 11.3 Å². The van der Waals surface area contributed by atoms with Crippen molar-refractivity contribution in [3.05, 3.63) is 60.8 Å². The number of ether oxygens (including phenoxy) is 1. The van der Waals surface area contributed by atoms with E-state index in [0.717, 1.165) is 24.6 Å². The Morgan fingerprint density at radius 1 is 1.03 bits per heavy atom. The number of carbonyl (C=O) groups excluding carboxylic acids is 1. The van der Waals surface area contributed by atoms with E-state index in [0.29, 0.717) is 30.0 Å². The number of sulfonamides is 1. The lowest BCUT2D eigenvalue weighted by molar-refractivity contribution is -0.118.